The second-order valence-electron chi connectivity index (χ2n) is 7.82. The minimum absolute atomic E-state index is 0.101. The molecule has 3 aromatic carbocycles. The molecule has 8 heteroatoms. The molecule has 0 spiro atoms. The number of carbonyl (C=O) groups is 1. The number of nitrogens with zero attached hydrogens (tertiary/aromatic N) is 2. The van der Waals surface area contributed by atoms with Crippen molar-refractivity contribution in [1.29, 1.82) is 0 Å². The lowest BCUT2D eigenvalue weighted by molar-refractivity contribution is -0.132. The first-order chi connectivity index (χ1) is 16.4. The Labute approximate surface area is 200 Å². The van der Waals surface area contributed by atoms with Gasteiger partial charge in [0.1, 0.15) is 5.75 Å². The summed E-state index contributed by atoms with van der Waals surface area (Å²) < 4.78 is 34.1. The molecule has 1 aliphatic rings. The van der Waals surface area contributed by atoms with E-state index in [1.807, 2.05) is 43.3 Å². The number of ether oxygens (including phenoxy) is 1. The number of sulfonamides is 1. The number of hydrogen-bond donors (Lipinski definition) is 1. The van der Waals surface area contributed by atoms with E-state index in [-0.39, 0.29) is 16.8 Å². The number of carbonyl (C=O) groups excluding carboxylic acids is 1. The first-order valence-corrected chi connectivity index (χ1v) is 12.7. The van der Waals surface area contributed by atoms with E-state index >= 15 is 0 Å². The van der Waals surface area contributed by atoms with Gasteiger partial charge in [-0.05, 0) is 42.8 Å². The standard InChI is InChI=1S/C26H27N3O4S/c1-3-26(30)29-25(19-14-16-20(17-15-19)33-4-2)18-24(27-29)22-12-8-9-13-23(22)28-34(31,32)21-10-6-5-7-11-21/h5-17,25,28H,3-4,18H2,1-2H3. The van der Waals surface area contributed by atoms with Gasteiger partial charge in [0, 0.05) is 18.4 Å². The number of para-hydroxylation sites is 1. The second kappa shape index (κ2) is 10.1. The molecule has 0 saturated heterocycles. The largest absolute Gasteiger partial charge is 0.494 e. The molecular weight excluding hydrogens is 450 g/mol. The lowest BCUT2D eigenvalue weighted by Crippen LogP contribution is -2.26. The van der Waals surface area contributed by atoms with Gasteiger partial charge in [-0.25, -0.2) is 13.4 Å². The predicted octanol–water partition coefficient (Wildman–Crippen LogP) is 4.97. The van der Waals surface area contributed by atoms with Crippen molar-refractivity contribution < 1.29 is 17.9 Å². The number of hydrazone groups is 1. The highest BCUT2D eigenvalue weighted by Crippen LogP contribution is 2.36. The second-order valence-corrected chi connectivity index (χ2v) is 9.51. The fourth-order valence-electron chi connectivity index (χ4n) is 3.90. The Morgan fingerprint density at radius 2 is 1.68 bits per heavy atom. The summed E-state index contributed by atoms with van der Waals surface area (Å²) in [6.45, 7) is 4.30. The van der Waals surface area contributed by atoms with Gasteiger partial charge in [0.25, 0.3) is 10.0 Å². The van der Waals surface area contributed by atoms with Gasteiger partial charge in [-0.2, -0.15) is 5.10 Å². The molecule has 3 aromatic rings. The number of benzene rings is 3. The van der Waals surface area contributed by atoms with Crippen molar-refractivity contribution in [2.24, 2.45) is 5.10 Å². The smallest absolute Gasteiger partial charge is 0.261 e. The minimum atomic E-state index is -3.78. The van der Waals surface area contributed by atoms with Crippen molar-refractivity contribution in [3.05, 3.63) is 90.0 Å². The Balaban J connectivity index is 1.66. The molecule has 0 fully saturated rings. The molecule has 0 aromatic heterocycles. The SMILES string of the molecule is CCOc1ccc(C2CC(c3ccccc3NS(=O)(=O)c3ccccc3)=NN2C(=O)CC)cc1. The number of rotatable bonds is 8. The molecular formula is C26H27N3O4S. The monoisotopic (exact) mass is 477 g/mol. The summed E-state index contributed by atoms with van der Waals surface area (Å²) >= 11 is 0. The average molecular weight is 478 g/mol. The van der Waals surface area contributed by atoms with Gasteiger partial charge in [0.2, 0.25) is 5.91 Å². The number of anilines is 1. The number of amides is 1. The molecule has 34 heavy (non-hydrogen) atoms. The molecule has 1 aliphatic heterocycles. The van der Waals surface area contributed by atoms with Crippen molar-refractivity contribution in [3.63, 3.8) is 0 Å². The summed E-state index contributed by atoms with van der Waals surface area (Å²) in [6.07, 6.45) is 0.774. The van der Waals surface area contributed by atoms with Gasteiger partial charge in [0.15, 0.2) is 0 Å². The Hall–Kier alpha value is -3.65. The van der Waals surface area contributed by atoms with E-state index in [2.05, 4.69) is 9.82 Å². The predicted molar refractivity (Wildman–Crippen MR) is 132 cm³/mol. The maximum atomic E-state index is 12.9. The third-order valence-electron chi connectivity index (χ3n) is 5.58. The van der Waals surface area contributed by atoms with Crippen LogP contribution in [0.5, 0.6) is 5.75 Å². The Bertz CT molecular complexity index is 1290. The molecule has 1 amide bonds. The van der Waals surface area contributed by atoms with Crippen LogP contribution < -0.4 is 9.46 Å². The Kier molecular flexibility index (Phi) is 6.98. The summed E-state index contributed by atoms with van der Waals surface area (Å²) in [4.78, 5) is 12.9. The number of nitrogens with one attached hydrogen (secondary N) is 1. The van der Waals surface area contributed by atoms with Crippen LogP contribution in [0.15, 0.2) is 88.9 Å². The van der Waals surface area contributed by atoms with Crippen molar-refractivity contribution in [2.45, 2.75) is 37.6 Å². The van der Waals surface area contributed by atoms with E-state index in [0.29, 0.717) is 36.4 Å². The van der Waals surface area contributed by atoms with Crippen LogP contribution in [0.25, 0.3) is 0 Å². The Morgan fingerprint density at radius 1 is 1.00 bits per heavy atom. The van der Waals surface area contributed by atoms with E-state index < -0.39 is 10.0 Å². The lowest BCUT2D eigenvalue weighted by Gasteiger charge is -2.21. The first-order valence-electron chi connectivity index (χ1n) is 11.2. The molecule has 4 rings (SSSR count). The maximum Gasteiger partial charge on any atom is 0.261 e. The van der Waals surface area contributed by atoms with Crippen molar-refractivity contribution in [1.82, 2.24) is 5.01 Å². The van der Waals surface area contributed by atoms with Crippen molar-refractivity contribution >= 4 is 27.3 Å². The van der Waals surface area contributed by atoms with Crippen molar-refractivity contribution in [2.75, 3.05) is 11.3 Å². The molecule has 176 valence electrons. The first kappa shape index (κ1) is 23.5. The van der Waals surface area contributed by atoms with E-state index in [4.69, 9.17) is 4.74 Å². The normalized spacial score (nSPS) is 15.6. The van der Waals surface area contributed by atoms with Gasteiger partial charge in [-0.1, -0.05) is 55.5 Å². The van der Waals surface area contributed by atoms with Gasteiger partial charge < -0.3 is 4.74 Å². The Morgan fingerprint density at radius 3 is 2.35 bits per heavy atom. The number of hydrogen-bond acceptors (Lipinski definition) is 5. The average Bonchev–Trinajstić information content (AvgIpc) is 3.30. The maximum absolute atomic E-state index is 12.9. The lowest BCUT2D eigenvalue weighted by atomic mass is 9.97. The summed E-state index contributed by atoms with van der Waals surface area (Å²) in [5.41, 5.74) is 2.64. The molecule has 0 bridgehead atoms. The zero-order valence-electron chi connectivity index (χ0n) is 19.1. The molecule has 0 radical (unpaired) electrons. The van der Waals surface area contributed by atoms with Crippen LogP contribution in [0.2, 0.25) is 0 Å². The zero-order valence-corrected chi connectivity index (χ0v) is 20.0. The quantitative estimate of drug-likeness (QED) is 0.496. The summed E-state index contributed by atoms with van der Waals surface area (Å²) in [5, 5.41) is 6.15. The van der Waals surface area contributed by atoms with Gasteiger partial charge in [-0.3, -0.25) is 9.52 Å². The summed E-state index contributed by atoms with van der Waals surface area (Å²) in [7, 11) is -3.78. The highest BCUT2D eigenvalue weighted by atomic mass is 32.2. The molecule has 7 nitrogen and oxygen atoms in total. The molecule has 1 N–H and O–H groups in total. The summed E-state index contributed by atoms with van der Waals surface area (Å²) in [5.74, 6) is 0.663. The van der Waals surface area contributed by atoms with Crippen LogP contribution in [0.4, 0.5) is 5.69 Å². The van der Waals surface area contributed by atoms with Crippen LogP contribution in [0.3, 0.4) is 0 Å². The third kappa shape index (κ3) is 4.97. The molecule has 1 heterocycles. The summed E-state index contributed by atoms with van der Waals surface area (Å²) in [6, 6.07) is 22.7. The van der Waals surface area contributed by atoms with E-state index in [0.717, 1.165) is 11.3 Å². The van der Waals surface area contributed by atoms with Crippen LogP contribution in [0, 0.1) is 0 Å². The molecule has 0 aliphatic carbocycles. The fraction of sp³-hybridized carbons (Fsp3) is 0.231. The fourth-order valence-corrected chi connectivity index (χ4v) is 5.01. The molecule has 0 saturated carbocycles. The minimum Gasteiger partial charge on any atom is -0.494 e. The van der Waals surface area contributed by atoms with E-state index in [1.54, 1.807) is 49.4 Å². The van der Waals surface area contributed by atoms with Crippen LogP contribution in [-0.2, 0) is 14.8 Å². The molecule has 1 atom stereocenters. The molecule has 1 unspecified atom stereocenters. The van der Waals surface area contributed by atoms with E-state index in [1.165, 1.54) is 5.01 Å². The third-order valence-corrected chi connectivity index (χ3v) is 6.96. The highest BCUT2D eigenvalue weighted by molar-refractivity contribution is 7.92. The highest BCUT2D eigenvalue weighted by Gasteiger charge is 2.33. The van der Waals surface area contributed by atoms with Gasteiger partial charge in [-0.15, -0.1) is 0 Å². The van der Waals surface area contributed by atoms with Crippen LogP contribution >= 0.6 is 0 Å². The van der Waals surface area contributed by atoms with Crippen molar-refractivity contribution in [3.8, 4) is 5.75 Å². The van der Waals surface area contributed by atoms with E-state index in [9.17, 15) is 13.2 Å². The van der Waals surface area contributed by atoms with Crippen LogP contribution in [-0.4, -0.2) is 31.7 Å². The topological polar surface area (TPSA) is 88.1 Å². The van der Waals surface area contributed by atoms with Gasteiger partial charge in [0.05, 0.1) is 28.9 Å². The van der Waals surface area contributed by atoms with Gasteiger partial charge >= 0.3 is 0 Å². The van der Waals surface area contributed by atoms with Crippen LogP contribution in [0.1, 0.15) is 43.9 Å². The zero-order chi connectivity index (χ0) is 24.1.